The first-order chi connectivity index (χ1) is 70.1. The minimum Gasteiger partial charge on any atom is -0.399 e. The van der Waals surface area contributed by atoms with E-state index in [1.54, 1.807) is 21.5 Å². The van der Waals surface area contributed by atoms with E-state index in [1.807, 2.05) is 370 Å². The van der Waals surface area contributed by atoms with Crippen LogP contribution in [-0.2, 0) is 23.0 Å². The number of aromatic amines is 4. The van der Waals surface area contributed by atoms with Crippen molar-refractivity contribution in [2.45, 2.75) is 43.6 Å². The molecule has 0 atom stereocenters. The van der Waals surface area contributed by atoms with Crippen molar-refractivity contribution in [2.24, 2.45) is 5.11 Å². The van der Waals surface area contributed by atoms with E-state index in [1.165, 1.54) is 47.0 Å². The molecule has 6 heterocycles. The summed E-state index contributed by atoms with van der Waals surface area (Å²) in [7, 11) is 0. The topological polar surface area (TPSA) is 363 Å². The molecule has 143 heavy (non-hydrogen) atoms. The number of thioether (sulfide) groups is 4. The van der Waals surface area contributed by atoms with E-state index >= 15 is 0 Å². The summed E-state index contributed by atoms with van der Waals surface area (Å²) in [6.45, 7) is 30.0. The average molecular weight is 1940 g/mol. The third kappa shape index (κ3) is 24.4. The molecule has 0 aliphatic carbocycles. The number of nitrogens with two attached hydrogens (primary N) is 2. The molecule has 6 aromatic heterocycles. The lowest BCUT2D eigenvalue weighted by atomic mass is 10.0. The summed E-state index contributed by atoms with van der Waals surface area (Å²) in [4.78, 5) is 96.4. The molecule has 0 aliphatic heterocycles. The first-order valence-electron chi connectivity index (χ1n) is 44.2. The molecule has 14 aromatic carbocycles. The Morgan fingerprint density at radius 3 is 0.755 bits per heavy atom. The molecule has 690 valence electrons. The van der Waals surface area contributed by atoms with Crippen molar-refractivity contribution in [3.05, 3.63) is 502 Å². The van der Waals surface area contributed by atoms with Crippen molar-refractivity contribution in [3.63, 3.8) is 0 Å². The van der Waals surface area contributed by atoms with Crippen molar-refractivity contribution in [1.82, 2.24) is 69.9 Å². The van der Waals surface area contributed by atoms with Gasteiger partial charge in [-0.2, -0.15) is 0 Å². The molecule has 8 N–H and O–H groups in total. The van der Waals surface area contributed by atoms with Gasteiger partial charge in [0.15, 0.2) is 20.6 Å². The van der Waals surface area contributed by atoms with E-state index in [2.05, 4.69) is 89.9 Å². The van der Waals surface area contributed by atoms with Crippen LogP contribution in [0.5, 0.6) is 0 Å². The Morgan fingerprint density at radius 1 is 0.280 bits per heavy atom. The highest BCUT2D eigenvalue weighted by atomic mass is 32.2. The Bertz CT molecular complexity index is 8370. The second-order valence-electron chi connectivity index (χ2n) is 31.7. The molecule has 0 spiro atoms. The number of aromatic nitrogens is 14. The largest absolute Gasteiger partial charge is 0.399 e. The number of hydrogen-bond acceptors (Lipinski definition) is 19. The van der Waals surface area contributed by atoms with Gasteiger partial charge in [-0.15, -0.1) is 10.2 Å². The van der Waals surface area contributed by atoms with Crippen LogP contribution in [0.25, 0.3) is 153 Å². The van der Waals surface area contributed by atoms with Gasteiger partial charge in [0.05, 0.1) is 72.8 Å². The number of hydrogen-bond donors (Lipinski definition) is 6. The molecular formula is C112H79N23O4S4. The highest BCUT2D eigenvalue weighted by Crippen LogP contribution is 2.38. The minimum atomic E-state index is -0.460. The van der Waals surface area contributed by atoms with E-state index in [0.29, 0.717) is 89.0 Å². The lowest BCUT2D eigenvalue weighted by Gasteiger charge is -2.09. The summed E-state index contributed by atoms with van der Waals surface area (Å²) in [5, 5.41) is 22.5. The number of H-pyrrole nitrogens is 4. The Kier molecular flexibility index (Phi) is 31.1. The van der Waals surface area contributed by atoms with Gasteiger partial charge in [-0.1, -0.05) is 384 Å². The SMILES string of the molecule is [C-]#[N+]c1c(-c2ccc(-c3ccccc3)cc2)nc(SCc2ccc(-n3cc(-c4ccc(N)cc4)nn3)cc2)[nH]c1=O.[C-]#[N+]c1c(-c2ccc(-c3ccccc3)cc2)nc(SCc2ccc(-n3cc(-c4ccccc4)nn3)cc2)[nH]c1=O.[C-]#[N+]c1c(-c2ccc(-c3ccccc3)cc2)nc(SCc2ccc(N)cc2)[nH]c1=O.[C-]#[N+]c1c(-c2ccc(-c3ccccc3)cc2)nc(SCc2ccc(N=[N+]=[N-])cc2)[nH]c1=O. The predicted octanol–water partition coefficient (Wildman–Crippen LogP) is 26.4. The zero-order chi connectivity index (χ0) is 98.8. The average Bonchev–Trinajstić information content (AvgIpc) is 1.71. The van der Waals surface area contributed by atoms with Crippen molar-refractivity contribution >= 4 is 86.9 Å². The van der Waals surface area contributed by atoms with E-state index in [4.69, 9.17) is 43.3 Å². The standard InChI is InChI=1S/C32H23N7OS.C32H22N6OS.C24H16N6OS.C24H18N4OS/c1-34-30-29(25-11-9-23(10-12-25)22-5-3-2-4-6-22)35-32(36-31(30)40)41-20-21-7-17-27(18-8-21)39-19-28(37-38-39)24-13-15-26(33)16-14-24;1-33-30-29(26-16-14-24(15-17-26)23-8-4-2-5-9-23)34-32(35-31(30)39)40-21-22-12-18-27(19-13-22)38-20-28(36-37-38)25-10-6-3-7-11-25;1-26-22-21(19-11-9-18(10-12-19)17-5-3-2-4-6-17)27-24(28-23(22)31)32-15-16-7-13-20(14-8-16)29-30-25;1-26-22-21(19-11-9-18(10-12-19)17-5-3-2-4-6-17)27-24(28-23(22)29)30-15-16-7-13-20(25)14-8-16/h2-19H,20,33H2,(H,35,36,40);2-20H,21H2,(H,34,35,39);2-14H,15H2,(H,27,28,31);2-14H,15,25H2,(H,27,28,29). The van der Waals surface area contributed by atoms with Crippen LogP contribution >= 0.6 is 47.0 Å². The Labute approximate surface area is 836 Å². The fourth-order valence-electron chi connectivity index (χ4n) is 14.8. The summed E-state index contributed by atoms with van der Waals surface area (Å²) in [6.07, 6.45) is 3.78. The van der Waals surface area contributed by atoms with Crippen LogP contribution in [0.4, 0.5) is 39.8 Å². The third-order valence-electron chi connectivity index (χ3n) is 22.2. The minimum absolute atomic E-state index is 0.000652. The van der Waals surface area contributed by atoms with Crippen molar-refractivity contribution < 1.29 is 0 Å². The molecule has 0 fully saturated rings. The molecule has 27 nitrogen and oxygen atoms in total. The lowest BCUT2D eigenvalue weighted by molar-refractivity contribution is 0.803. The van der Waals surface area contributed by atoms with Crippen LogP contribution in [0.2, 0.25) is 0 Å². The summed E-state index contributed by atoms with van der Waals surface area (Å²) in [5.41, 5.74) is 42.6. The van der Waals surface area contributed by atoms with Gasteiger partial charge in [-0.05, 0) is 143 Å². The molecule has 0 radical (unpaired) electrons. The Hall–Kier alpha value is -18.9. The fraction of sp³-hybridized carbons (Fsp3) is 0.0357. The smallest absolute Gasteiger partial charge is 0.276 e. The predicted molar refractivity (Wildman–Crippen MR) is 570 cm³/mol. The summed E-state index contributed by atoms with van der Waals surface area (Å²) < 4.78 is 3.47. The fourth-order valence-corrected chi connectivity index (χ4v) is 18.1. The number of nitrogen functional groups attached to an aromatic ring is 2. The third-order valence-corrected chi connectivity index (χ3v) is 26.0. The molecule has 20 rings (SSSR count). The molecule has 31 heteroatoms. The second kappa shape index (κ2) is 46.3. The van der Waals surface area contributed by atoms with Gasteiger partial charge in [0, 0.05) is 56.1 Å². The summed E-state index contributed by atoms with van der Waals surface area (Å²) in [6, 6.07) is 119. The van der Waals surface area contributed by atoms with Crippen LogP contribution in [0.15, 0.2) is 427 Å². The van der Waals surface area contributed by atoms with E-state index in [0.717, 1.165) is 117 Å². The van der Waals surface area contributed by atoms with E-state index in [9.17, 15) is 19.2 Å². The maximum atomic E-state index is 12.7. The molecule has 0 bridgehead atoms. The van der Waals surface area contributed by atoms with Gasteiger partial charge < -0.3 is 31.4 Å². The second-order valence-corrected chi connectivity index (χ2v) is 35.5. The Balaban J connectivity index is 0.000000132. The number of azide groups is 1. The Morgan fingerprint density at radius 2 is 0.497 bits per heavy atom. The molecule has 0 unspecified atom stereocenters. The normalized spacial score (nSPS) is 10.6. The maximum Gasteiger partial charge on any atom is 0.276 e. The molecular weight excluding hydrogens is 1860 g/mol. The monoisotopic (exact) mass is 1940 g/mol. The first kappa shape index (κ1) is 95.9. The van der Waals surface area contributed by atoms with Crippen molar-refractivity contribution in [2.75, 3.05) is 11.5 Å². The van der Waals surface area contributed by atoms with Gasteiger partial charge in [0.1, 0.15) is 11.4 Å². The van der Waals surface area contributed by atoms with Crippen LogP contribution < -0.4 is 33.7 Å². The number of nitrogens with zero attached hydrogens (tertiary/aromatic N) is 17. The molecule has 0 aliphatic rings. The van der Waals surface area contributed by atoms with Crippen molar-refractivity contribution in [1.29, 1.82) is 0 Å². The molecule has 20 aromatic rings. The first-order valence-corrected chi connectivity index (χ1v) is 48.2. The van der Waals surface area contributed by atoms with Crippen molar-refractivity contribution in [3.8, 4) is 123 Å². The molecule has 0 saturated carbocycles. The zero-order valence-corrected chi connectivity index (χ0v) is 79.0. The van der Waals surface area contributed by atoms with Gasteiger partial charge >= 0.3 is 0 Å². The van der Waals surface area contributed by atoms with Gasteiger partial charge in [0.2, 0.25) is 0 Å². The van der Waals surface area contributed by atoms with Gasteiger partial charge in [-0.25, -0.2) is 48.7 Å². The summed E-state index contributed by atoms with van der Waals surface area (Å²) in [5.74, 6) is 2.37. The zero-order valence-electron chi connectivity index (χ0n) is 75.7. The number of anilines is 2. The van der Waals surface area contributed by atoms with Crippen LogP contribution in [0, 0.1) is 26.3 Å². The number of rotatable bonds is 25. The maximum absolute atomic E-state index is 12.7. The highest BCUT2D eigenvalue weighted by molar-refractivity contribution is 7.99. The van der Waals surface area contributed by atoms with Crippen LogP contribution in [0.3, 0.4) is 0 Å². The molecule has 0 saturated heterocycles. The van der Waals surface area contributed by atoms with E-state index in [-0.39, 0.29) is 22.7 Å². The summed E-state index contributed by atoms with van der Waals surface area (Å²) >= 11 is 5.59. The highest BCUT2D eigenvalue weighted by Gasteiger charge is 2.22. The quantitative estimate of drug-likeness (QED) is 0.00589. The van der Waals surface area contributed by atoms with Gasteiger partial charge in [0.25, 0.3) is 45.0 Å². The number of benzene rings is 14. The number of nitrogens with one attached hydrogen (secondary N) is 4. The lowest BCUT2D eigenvalue weighted by Crippen LogP contribution is -2.09. The van der Waals surface area contributed by atoms with Crippen LogP contribution in [0.1, 0.15) is 22.3 Å². The van der Waals surface area contributed by atoms with Gasteiger partial charge in [-0.3, -0.25) is 19.2 Å². The molecule has 0 amide bonds. The van der Waals surface area contributed by atoms with E-state index < -0.39 is 22.2 Å². The van der Waals surface area contributed by atoms with Crippen LogP contribution in [-0.4, -0.2) is 69.9 Å².